The first-order valence-corrected chi connectivity index (χ1v) is 7.32. The predicted molar refractivity (Wildman–Crippen MR) is 80.0 cm³/mol. The van der Waals surface area contributed by atoms with Crippen molar-refractivity contribution in [2.75, 3.05) is 33.3 Å². The van der Waals surface area contributed by atoms with Crippen molar-refractivity contribution in [3.05, 3.63) is 0 Å². The summed E-state index contributed by atoms with van der Waals surface area (Å²) in [6, 6.07) is 0.121. The minimum Gasteiger partial charge on any atom is -0.395 e. The number of aliphatic hydroxyl groups excluding tert-OH is 1. The normalized spacial score (nSPS) is 20.8. The summed E-state index contributed by atoms with van der Waals surface area (Å²) in [7, 11) is 1.77. The van der Waals surface area contributed by atoms with Gasteiger partial charge in [0, 0.05) is 26.1 Å². The van der Waals surface area contributed by atoms with Gasteiger partial charge < -0.3 is 15.7 Å². The summed E-state index contributed by atoms with van der Waals surface area (Å²) < 4.78 is 0. The minimum absolute atomic E-state index is 0.0663. The topological polar surface area (TPSA) is 69.8 Å². The van der Waals surface area contributed by atoms with Crippen molar-refractivity contribution in [2.45, 2.75) is 38.1 Å². The molecule has 5 nitrogen and oxygen atoms in total. The Kier molecular flexibility index (Phi) is 7.27. The summed E-state index contributed by atoms with van der Waals surface area (Å²) >= 11 is 4.81. The first-order chi connectivity index (χ1) is 9.04. The first-order valence-electron chi connectivity index (χ1n) is 6.91. The monoisotopic (exact) mass is 287 g/mol. The number of carbonyl (C=O) groups excluding carboxylic acids is 1. The molecule has 3 N–H and O–H groups in total. The van der Waals surface area contributed by atoms with E-state index in [1.165, 1.54) is 6.42 Å². The second-order valence-corrected chi connectivity index (χ2v) is 5.71. The minimum atomic E-state index is 0.0663. The van der Waals surface area contributed by atoms with Gasteiger partial charge in [0.1, 0.15) is 0 Å². The number of likely N-dealkylation sites (N-methyl/N-ethyl adjacent to an activating group) is 1. The van der Waals surface area contributed by atoms with E-state index in [1.807, 2.05) is 0 Å². The van der Waals surface area contributed by atoms with Crippen molar-refractivity contribution in [1.29, 1.82) is 0 Å². The molecule has 0 aromatic carbocycles. The Hall–Kier alpha value is -0.720. The number of nitrogens with zero attached hydrogens (tertiary/aromatic N) is 2. The maximum atomic E-state index is 12.1. The summed E-state index contributed by atoms with van der Waals surface area (Å²) in [4.78, 5) is 16.3. The van der Waals surface area contributed by atoms with Crippen molar-refractivity contribution >= 4 is 23.1 Å². The van der Waals surface area contributed by atoms with Crippen molar-refractivity contribution < 1.29 is 9.90 Å². The molecule has 1 saturated heterocycles. The molecule has 1 heterocycles. The maximum Gasteiger partial charge on any atom is 0.236 e. The molecule has 1 fully saturated rings. The van der Waals surface area contributed by atoms with E-state index in [9.17, 15) is 9.90 Å². The van der Waals surface area contributed by atoms with Gasteiger partial charge in [-0.2, -0.15) is 0 Å². The molecule has 1 amide bonds. The molecular formula is C13H25N3O2S. The predicted octanol–water partition coefficient (Wildman–Crippen LogP) is 0.358. The number of thiocarbonyl (C=S) groups is 1. The van der Waals surface area contributed by atoms with Gasteiger partial charge in [-0.15, -0.1) is 0 Å². The highest BCUT2D eigenvalue weighted by atomic mass is 32.1. The number of hydrogen-bond acceptors (Lipinski definition) is 4. The quantitative estimate of drug-likeness (QED) is 0.690. The zero-order chi connectivity index (χ0) is 14.3. The second-order valence-electron chi connectivity index (χ2n) is 5.19. The number of carbonyl (C=O) groups is 1. The van der Waals surface area contributed by atoms with E-state index in [0.29, 0.717) is 24.5 Å². The number of hydrogen-bond donors (Lipinski definition) is 2. The van der Waals surface area contributed by atoms with Crippen LogP contribution in [0.3, 0.4) is 0 Å². The molecule has 0 spiro atoms. The van der Waals surface area contributed by atoms with E-state index < -0.39 is 0 Å². The fourth-order valence-corrected chi connectivity index (χ4v) is 2.44. The number of aliphatic hydroxyl groups is 1. The lowest BCUT2D eigenvalue weighted by atomic mass is 10.1. The maximum absolute atomic E-state index is 12.1. The molecule has 6 heteroatoms. The third-order valence-corrected chi connectivity index (χ3v) is 3.87. The number of likely N-dealkylation sites (tertiary alicyclic amines) is 1. The van der Waals surface area contributed by atoms with Crippen LogP contribution in [0.1, 0.15) is 32.1 Å². The first kappa shape index (κ1) is 16.3. The van der Waals surface area contributed by atoms with Crippen molar-refractivity contribution in [3.8, 4) is 0 Å². The third kappa shape index (κ3) is 5.84. The summed E-state index contributed by atoms with van der Waals surface area (Å²) in [5, 5.41) is 9.41. The molecule has 0 aromatic heterocycles. The molecule has 1 aliphatic rings. The van der Waals surface area contributed by atoms with Crippen molar-refractivity contribution in [2.24, 2.45) is 5.73 Å². The fraction of sp³-hybridized carbons (Fsp3) is 0.846. The van der Waals surface area contributed by atoms with Gasteiger partial charge >= 0.3 is 0 Å². The average molecular weight is 287 g/mol. The lowest BCUT2D eigenvalue weighted by Gasteiger charge is -2.29. The number of nitrogens with two attached hydrogens (primary N) is 1. The Morgan fingerprint density at radius 1 is 1.47 bits per heavy atom. The zero-order valence-corrected chi connectivity index (χ0v) is 12.5. The van der Waals surface area contributed by atoms with E-state index >= 15 is 0 Å². The number of amides is 1. The average Bonchev–Trinajstić information content (AvgIpc) is 2.60. The smallest absolute Gasteiger partial charge is 0.236 e. The molecule has 110 valence electrons. The van der Waals surface area contributed by atoms with Crippen LogP contribution in [0.5, 0.6) is 0 Å². The molecule has 1 unspecified atom stereocenters. The fourth-order valence-electron chi connectivity index (χ4n) is 2.35. The van der Waals surface area contributed by atoms with Crippen LogP contribution >= 0.6 is 12.2 Å². The van der Waals surface area contributed by atoms with Gasteiger partial charge in [-0.1, -0.05) is 25.1 Å². The summed E-state index contributed by atoms with van der Waals surface area (Å²) in [5.74, 6) is 0.0663. The van der Waals surface area contributed by atoms with Crippen LogP contribution in [0.25, 0.3) is 0 Å². The Bertz CT molecular complexity index is 312. The Morgan fingerprint density at radius 3 is 2.84 bits per heavy atom. The van der Waals surface area contributed by atoms with Gasteiger partial charge in [0.2, 0.25) is 5.91 Å². The van der Waals surface area contributed by atoms with E-state index in [-0.39, 0.29) is 18.6 Å². The molecule has 0 bridgehead atoms. The third-order valence-electron chi connectivity index (χ3n) is 3.67. The van der Waals surface area contributed by atoms with Gasteiger partial charge in [-0.05, 0) is 19.4 Å². The molecule has 0 radical (unpaired) electrons. The molecule has 1 rings (SSSR count). The van der Waals surface area contributed by atoms with E-state index in [2.05, 4.69) is 4.90 Å². The summed E-state index contributed by atoms with van der Waals surface area (Å²) in [6.07, 6.45) is 4.94. The standard InChI is InChI=1S/C13H25N3O2S/c1-15(8-6-12(14)19)13(18)9-16-7-4-2-3-5-11(16)10-17/h11,17H,2-10H2,1H3,(H2,14,19). The van der Waals surface area contributed by atoms with Gasteiger partial charge in [-0.25, -0.2) is 0 Å². The van der Waals surface area contributed by atoms with Gasteiger partial charge in [0.05, 0.1) is 18.1 Å². The highest BCUT2D eigenvalue weighted by Crippen LogP contribution is 2.16. The van der Waals surface area contributed by atoms with Crippen LogP contribution < -0.4 is 5.73 Å². The van der Waals surface area contributed by atoms with Crippen LogP contribution in [0.4, 0.5) is 0 Å². The van der Waals surface area contributed by atoms with Crippen molar-refractivity contribution in [1.82, 2.24) is 9.80 Å². The Balaban J connectivity index is 2.45. The largest absolute Gasteiger partial charge is 0.395 e. The number of rotatable bonds is 6. The molecule has 1 aliphatic heterocycles. The molecule has 0 aliphatic carbocycles. The van der Waals surface area contributed by atoms with Gasteiger partial charge in [-0.3, -0.25) is 9.69 Å². The van der Waals surface area contributed by atoms with Crippen LogP contribution in [0.15, 0.2) is 0 Å². The lowest BCUT2D eigenvalue weighted by molar-refractivity contribution is -0.131. The molecular weight excluding hydrogens is 262 g/mol. The van der Waals surface area contributed by atoms with Crippen LogP contribution in [0, 0.1) is 0 Å². The summed E-state index contributed by atoms with van der Waals surface area (Å²) in [6.45, 7) is 1.95. The Morgan fingerprint density at radius 2 is 2.21 bits per heavy atom. The second kappa shape index (κ2) is 8.45. The lowest BCUT2D eigenvalue weighted by Crippen LogP contribution is -2.45. The van der Waals surface area contributed by atoms with Crippen LogP contribution in [0.2, 0.25) is 0 Å². The Labute approximate surface area is 120 Å². The highest BCUT2D eigenvalue weighted by Gasteiger charge is 2.23. The zero-order valence-electron chi connectivity index (χ0n) is 11.7. The molecule has 19 heavy (non-hydrogen) atoms. The molecule has 0 aromatic rings. The molecule has 0 saturated carbocycles. The van der Waals surface area contributed by atoms with Gasteiger partial charge in [0.15, 0.2) is 0 Å². The van der Waals surface area contributed by atoms with Crippen LogP contribution in [-0.4, -0.2) is 65.1 Å². The summed E-state index contributed by atoms with van der Waals surface area (Å²) in [5.41, 5.74) is 5.44. The highest BCUT2D eigenvalue weighted by molar-refractivity contribution is 7.80. The van der Waals surface area contributed by atoms with Crippen LogP contribution in [-0.2, 0) is 4.79 Å². The SMILES string of the molecule is CN(CCC(N)=S)C(=O)CN1CCCCCC1CO. The van der Waals surface area contributed by atoms with E-state index in [0.717, 1.165) is 25.8 Å². The van der Waals surface area contributed by atoms with Gasteiger partial charge in [0.25, 0.3) is 0 Å². The molecule has 1 atom stereocenters. The van der Waals surface area contributed by atoms with Crippen molar-refractivity contribution in [3.63, 3.8) is 0 Å². The van der Waals surface area contributed by atoms with E-state index in [1.54, 1.807) is 11.9 Å². The van der Waals surface area contributed by atoms with E-state index in [4.69, 9.17) is 18.0 Å².